The molecule has 0 spiro atoms. The fraction of sp³-hybridized carbons (Fsp3) is 0.269. The van der Waals surface area contributed by atoms with Gasteiger partial charge in [0, 0.05) is 12.6 Å². The first-order chi connectivity index (χ1) is 16.0. The highest BCUT2D eigenvalue weighted by Crippen LogP contribution is 2.42. The molecular weight excluding hydrogens is 419 g/mol. The molecule has 1 aromatic heterocycles. The fourth-order valence-corrected chi connectivity index (χ4v) is 4.76. The second kappa shape index (κ2) is 8.31. The molecule has 2 aromatic carbocycles. The summed E-state index contributed by atoms with van der Waals surface area (Å²) in [4.78, 5) is 23.8. The van der Waals surface area contributed by atoms with Crippen molar-refractivity contribution in [3.05, 3.63) is 83.7 Å². The zero-order valence-corrected chi connectivity index (χ0v) is 18.7. The number of amides is 1. The molecule has 1 atom stereocenters. The van der Waals surface area contributed by atoms with Crippen LogP contribution in [0.4, 0.5) is 4.39 Å². The lowest BCUT2D eigenvalue weighted by atomic mass is 9.81. The average Bonchev–Trinajstić information content (AvgIpc) is 3.43. The Kier molecular flexibility index (Phi) is 5.32. The van der Waals surface area contributed by atoms with E-state index in [-0.39, 0.29) is 11.7 Å². The predicted molar refractivity (Wildman–Crippen MR) is 125 cm³/mol. The van der Waals surface area contributed by atoms with E-state index in [4.69, 9.17) is 9.73 Å². The molecule has 1 unspecified atom stereocenters. The van der Waals surface area contributed by atoms with E-state index in [2.05, 4.69) is 4.98 Å². The van der Waals surface area contributed by atoms with E-state index in [0.717, 1.165) is 41.1 Å². The van der Waals surface area contributed by atoms with Crippen molar-refractivity contribution in [2.45, 2.75) is 31.7 Å². The minimum atomic E-state index is -0.538. The number of hydrogen-bond acceptors (Lipinski definition) is 4. The lowest BCUT2D eigenvalue weighted by Gasteiger charge is -2.42. The van der Waals surface area contributed by atoms with Crippen LogP contribution in [-0.4, -0.2) is 39.8 Å². The minimum Gasteiger partial charge on any atom is -0.495 e. The summed E-state index contributed by atoms with van der Waals surface area (Å²) in [7, 11) is 1.64. The quantitative estimate of drug-likeness (QED) is 0.575. The molecule has 1 amide bonds. The number of imidazole rings is 1. The van der Waals surface area contributed by atoms with Gasteiger partial charge < -0.3 is 9.30 Å². The van der Waals surface area contributed by atoms with E-state index in [1.807, 2.05) is 48.0 Å². The number of rotatable bonds is 5. The van der Waals surface area contributed by atoms with E-state index >= 15 is 0 Å². The number of aliphatic imine (C=N–C) groups is 1. The first-order valence-corrected chi connectivity index (χ1v) is 11.0. The van der Waals surface area contributed by atoms with Crippen molar-refractivity contribution < 1.29 is 13.9 Å². The van der Waals surface area contributed by atoms with Crippen LogP contribution >= 0.6 is 0 Å². The molecule has 0 radical (unpaired) electrons. The van der Waals surface area contributed by atoms with Gasteiger partial charge in [-0.15, -0.1) is 0 Å². The summed E-state index contributed by atoms with van der Waals surface area (Å²) in [6.45, 7) is 2.42. The van der Waals surface area contributed by atoms with Crippen molar-refractivity contribution in [3.8, 4) is 11.4 Å². The maximum Gasteiger partial charge on any atom is 0.229 e. The summed E-state index contributed by atoms with van der Waals surface area (Å²) in [6.07, 6.45) is 9.61. The first-order valence-electron chi connectivity index (χ1n) is 11.0. The molecule has 3 heterocycles. The molecule has 0 aliphatic carbocycles. The van der Waals surface area contributed by atoms with Gasteiger partial charge in [-0.05, 0) is 61.2 Å². The fourth-order valence-electron chi connectivity index (χ4n) is 4.76. The minimum absolute atomic E-state index is 0.0508. The summed E-state index contributed by atoms with van der Waals surface area (Å²) in [5.74, 6) is 1.12. The zero-order chi connectivity index (χ0) is 23.0. The van der Waals surface area contributed by atoms with Crippen LogP contribution in [0.3, 0.4) is 0 Å². The Hall–Kier alpha value is -3.74. The van der Waals surface area contributed by atoms with Crippen LogP contribution < -0.4 is 4.74 Å². The Labute approximate surface area is 192 Å². The topological polar surface area (TPSA) is 59.7 Å². The summed E-state index contributed by atoms with van der Waals surface area (Å²) >= 11 is 0. The highest BCUT2D eigenvalue weighted by Gasteiger charge is 2.48. The molecule has 0 saturated carbocycles. The van der Waals surface area contributed by atoms with Crippen LogP contribution in [0.5, 0.6) is 5.75 Å². The highest BCUT2D eigenvalue weighted by molar-refractivity contribution is 6.08. The smallest absolute Gasteiger partial charge is 0.229 e. The number of aryl methyl sites for hydroxylation is 1. The van der Waals surface area contributed by atoms with Gasteiger partial charge in [0.05, 0.1) is 36.9 Å². The third kappa shape index (κ3) is 3.73. The van der Waals surface area contributed by atoms with E-state index in [1.165, 1.54) is 12.1 Å². The van der Waals surface area contributed by atoms with E-state index < -0.39 is 5.54 Å². The Morgan fingerprint density at radius 1 is 1.15 bits per heavy atom. The van der Waals surface area contributed by atoms with Crippen LogP contribution in [0.1, 0.15) is 36.1 Å². The molecule has 0 bridgehead atoms. The van der Waals surface area contributed by atoms with Gasteiger partial charge in [-0.2, -0.15) is 0 Å². The molecule has 1 saturated heterocycles. The lowest BCUT2D eigenvalue weighted by Crippen LogP contribution is -2.52. The van der Waals surface area contributed by atoms with Crippen LogP contribution in [0, 0.1) is 12.7 Å². The lowest BCUT2D eigenvalue weighted by molar-refractivity contribution is -0.134. The van der Waals surface area contributed by atoms with Crippen LogP contribution in [0.15, 0.2) is 66.1 Å². The Morgan fingerprint density at radius 2 is 1.97 bits per heavy atom. The molecule has 0 N–H and O–H groups in total. The van der Waals surface area contributed by atoms with Gasteiger partial charge in [0.15, 0.2) is 0 Å². The van der Waals surface area contributed by atoms with Crippen molar-refractivity contribution in [3.63, 3.8) is 0 Å². The number of methoxy groups -OCH3 is 1. The standard InChI is InChI=1S/C26H25FN4O2/c1-18-15-30(17-29-18)22-11-5-19(14-23(22)33-2)6-12-24-28-16-26(13-3-4-25(32)31(24)26)20-7-9-21(27)10-8-20/h5-12,14-15,17H,3-4,13,16H2,1-2H3/b12-6+. The monoisotopic (exact) mass is 444 g/mol. The van der Waals surface area contributed by atoms with Crippen molar-refractivity contribution >= 4 is 17.8 Å². The molecule has 2 aliphatic rings. The van der Waals surface area contributed by atoms with E-state index in [1.54, 1.807) is 30.5 Å². The summed E-state index contributed by atoms with van der Waals surface area (Å²) in [5, 5.41) is 0. The first kappa shape index (κ1) is 21.1. The molecule has 6 nitrogen and oxygen atoms in total. The van der Waals surface area contributed by atoms with Gasteiger partial charge in [0.2, 0.25) is 5.91 Å². The van der Waals surface area contributed by atoms with Crippen molar-refractivity contribution in [2.75, 3.05) is 13.7 Å². The number of carbonyl (C=O) groups excluding carboxylic acids is 1. The third-order valence-corrected chi connectivity index (χ3v) is 6.39. The summed E-state index contributed by atoms with van der Waals surface area (Å²) in [5.41, 5.74) is 3.14. The van der Waals surface area contributed by atoms with Gasteiger partial charge in [0.1, 0.15) is 17.4 Å². The number of amidine groups is 1. The second-order valence-corrected chi connectivity index (χ2v) is 8.48. The predicted octanol–water partition coefficient (Wildman–Crippen LogP) is 4.66. The van der Waals surface area contributed by atoms with Gasteiger partial charge in [-0.3, -0.25) is 14.7 Å². The zero-order valence-electron chi connectivity index (χ0n) is 18.7. The van der Waals surface area contributed by atoms with Gasteiger partial charge >= 0.3 is 0 Å². The average molecular weight is 445 g/mol. The molecule has 1 fully saturated rings. The molecule has 7 heteroatoms. The summed E-state index contributed by atoms with van der Waals surface area (Å²) < 4.78 is 21.0. The normalized spacial score (nSPS) is 20.3. The maximum atomic E-state index is 13.5. The van der Waals surface area contributed by atoms with Gasteiger partial charge in [-0.25, -0.2) is 9.37 Å². The Balaban J connectivity index is 1.44. The summed E-state index contributed by atoms with van der Waals surface area (Å²) in [6, 6.07) is 12.3. The Morgan fingerprint density at radius 3 is 2.70 bits per heavy atom. The molecular formula is C26H25FN4O2. The number of benzene rings is 2. The molecule has 168 valence electrons. The van der Waals surface area contributed by atoms with Crippen molar-refractivity contribution in [2.24, 2.45) is 4.99 Å². The number of aromatic nitrogens is 2. The van der Waals surface area contributed by atoms with E-state index in [0.29, 0.717) is 18.8 Å². The SMILES string of the molecule is COc1cc(/C=C/C2=NCC3(c4ccc(F)cc4)CCCC(=O)N23)ccc1-n1cnc(C)c1. The number of ether oxygens (including phenoxy) is 1. The van der Waals surface area contributed by atoms with Gasteiger partial charge in [0.25, 0.3) is 0 Å². The highest BCUT2D eigenvalue weighted by atomic mass is 19.1. The molecule has 5 rings (SSSR count). The Bertz CT molecular complexity index is 1260. The van der Waals surface area contributed by atoms with Crippen LogP contribution in [0.25, 0.3) is 11.8 Å². The molecule has 3 aromatic rings. The number of hydrogen-bond donors (Lipinski definition) is 0. The van der Waals surface area contributed by atoms with Crippen LogP contribution in [0.2, 0.25) is 0 Å². The molecule has 2 aliphatic heterocycles. The molecule has 33 heavy (non-hydrogen) atoms. The number of carbonyl (C=O) groups is 1. The van der Waals surface area contributed by atoms with E-state index in [9.17, 15) is 9.18 Å². The van der Waals surface area contributed by atoms with Crippen molar-refractivity contribution in [1.82, 2.24) is 14.5 Å². The largest absolute Gasteiger partial charge is 0.495 e. The van der Waals surface area contributed by atoms with Gasteiger partial charge in [-0.1, -0.05) is 24.3 Å². The number of nitrogens with zero attached hydrogens (tertiary/aromatic N) is 4. The number of piperidine rings is 1. The van der Waals surface area contributed by atoms with Crippen molar-refractivity contribution in [1.29, 1.82) is 0 Å². The second-order valence-electron chi connectivity index (χ2n) is 8.48. The number of fused-ring (bicyclic) bond motifs is 1. The number of halogens is 1. The third-order valence-electron chi connectivity index (χ3n) is 6.39. The maximum absolute atomic E-state index is 13.5. The van der Waals surface area contributed by atoms with Crippen LogP contribution in [-0.2, 0) is 10.3 Å².